The molecule has 14 heteroatoms. The standard InChI is InChI=1S/C29H29F4N5O3S2/c1-28(17-34,29(31,32)33)37-26(39)22-5-3-2-4-21(22)24-25(42-27(36-24)23-11-8-19(30)16-35-23)18-6-9-20(10-7-18)38-12-14-43(40,41)15-13-38/h6-11,16,21-22H,2-5,12-15H2,1H3,(H,37,39)/t21-,22-,28?/m1/s1. The molecule has 2 aliphatic rings. The van der Waals surface area contributed by atoms with E-state index in [0.29, 0.717) is 60.5 Å². The Labute approximate surface area is 250 Å². The summed E-state index contributed by atoms with van der Waals surface area (Å²) < 4.78 is 78.2. The summed E-state index contributed by atoms with van der Waals surface area (Å²) in [6.45, 7) is 1.41. The van der Waals surface area contributed by atoms with Gasteiger partial charge >= 0.3 is 6.18 Å². The first-order chi connectivity index (χ1) is 20.3. The van der Waals surface area contributed by atoms with Crippen LogP contribution in [0.25, 0.3) is 21.1 Å². The first kappa shape index (κ1) is 30.9. The van der Waals surface area contributed by atoms with Gasteiger partial charge in [-0.25, -0.2) is 17.8 Å². The van der Waals surface area contributed by atoms with Crippen molar-refractivity contribution in [3.8, 4) is 27.2 Å². The molecule has 3 aromatic rings. The highest BCUT2D eigenvalue weighted by Crippen LogP contribution is 2.46. The molecular formula is C29H29F4N5O3S2. The molecule has 1 amide bonds. The molecule has 1 aliphatic carbocycles. The van der Waals surface area contributed by atoms with Crippen molar-refractivity contribution in [2.75, 3.05) is 29.5 Å². The molecule has 1 aromatic carbocycles. The summed E-state index contributed by atoms with van der Waals surface area (Å²) in [5, 5.41) is 11.7. The summed E-state index contributed by atoms with van der Waals surface area (Å²) in [7, 11) is -3.04. The van der Waals surface area contributed by atoms with E-state index in [2.05, 4.69) is 4.98 Å². The van der Waals surface area contributed by atoms with Crippen LogP contribution in [0.4, 0.5) is 23.2 Å². The molecular weight excluding hydrogens is 606 g/mol. The summed E-state index contributed by atoms with van der Waals surface area (Å²) in [5.41, 5.74) is -0.479. The second-order valence-electron chi connectivity index (χ2n) is 11.0. The maximum atomic E-state index is 13.6. The van der Waals surface area contributed by atoms with Gasteiger partial charge in [-0.1, -0.05) is 25.0 Å². The Balaban J connectivity index is 1.51. The minimum Gasteiger partial charge on any atom is -0.369 e. The Bertz CT molecular complexity index is 1620. The number of benzene rings is 1. The van der Waals surface area contributed by atoms with Crippen LogP contribution in [0, 0.1) is 23.1 Å². The average molecular weight is 636 g/mol. The van der Waals surface area contributed by atoms with Gasteiger partial charge in [-0.15, -0.1) is 11.3 Å². The first-order valence-corrected chi connectivity index (χ1v) is 16.4. The number of nitrogens with zero attached hydrogens (tertiary/aromatic N) is 4. The quantitative estimate of drug-likeness (QED) is 0.357. The number of hydrogen-bond donors (Lipinski definition) is 1. The molecule has 1 N–H and O–H groups in total. The van der Waals surface area contributed by atoms with Crippen LogP contribution >= 0.6 is 11.3 Å². The van der Waals surface area contributed by atoms with Crippen molar-refractivity contribution in [3.63, 3.8) is 0 Å². The van der Waals surface area contributed by atoms with Crippen molar-refractivity contribution in [3.05, 3.63) is 54.1 Å². The van der Waals surface area contributed by atoms with E-state index in [-0.39, 0.29) is 11.5 Å². The third kappa shape index (κ3) is 6.52. The minimum atomic E-state index is -4.96. The van der Waals surface area contributed by atoms with Crippen LogP contribution in [-0.2, 0) is 14.6 Å². The number of hydrogen-bond acceptors (Lipinski definition) is 8. The van der Waals surface area contributed by atoms with E-state index >= 15 is 0 Å². The largest absolute Gasteiger partial charge is 0.424 e. The van der Waals surface area contributed by atoms with Crippen LogP contribution in [0.1, 0.15) is 44.2 Å². The van der Waals surface area contributed by atoms with Gasteiger partial charge < -0.3 is 10.2 Å². The smallest absolute Gasteiger partial charge is 0.369 e. The second-order valence-corrected chi connectivity index (χ2v) is 14.3. The number of thiazole rings is 1. The lowest BCUT2D eigenvalue weighted by atomic mass is 9.76. The molecule has 2 fully saturated rings. The van der Waals surface area contributed by atoms with Crippen LogP contribution in [0.2, 0.25) is 0 Å². The number of carbonyl (C=O) groups excluding carboxylic acids is 1. The van der Waals surface area contributed by atoms with Gasteiger partial charge in [-0.05, 0) is 49.6 Å². The van der Waals surface area contributed by atoms with Gasteiger partial charge in [0.05, 0.1) is 34.0 Å². The Morgan fingerprint density at radius 2 is 1.77 bits per heavy atom. The van der Waals surface area contributed by atoms with E-state index in [1.165, 1.54) is 29.5 Å². The number of sulfone groups is 1. The molecule has 0 bridgehead atoms. The highest BCUT2D eigenvalue weighted by atomic mass is 32.2. The van der Waals surface area contributed by atoms with E-state index in [9.17, 15) is 36.0 Å². The molecule has 228 valence electrons. The van der Waals surface area contributed by atoms with E-state index < -0.39 is 45.1 Å². The van der Waals surface area contributed by atoms with E-state index in [0.717, 1.165) is 23.9 Å². The van der Waals surface area contributed by atoms with E-state index in [1.807, 2.05) is 34.5 Å². The molecule has 8 nitrogen and oxygen atoms in total. The molecule has 3 atom stereocenters. The summed E-state index contributed by atoms with van der Waals surface area (Å²) in [4.78, 5) is 25.0. The lowest BCUT2D eigenvalue weighted by molar-refractivity contribution is -0.179. The second kappa shape index (κ2) is 11.8. The Hall–Kier alpha value is -3.57. The molecule has 1 saturated carbocycles. The van der Waals surface area contributed by atoms with Crippen LogP contribution in [-0.4, -0.2) is 60.6 Å². The molecule has 1 unspecified atom stereocenters. The van der Waals surface area contributed by atoms with E-state index in [4.69, 9.17) is 4.98 Å². The summed E-state index contributed by atoms with van der Waals surface area (Å²) >= 11 is 1.29. The highest BCUT2D eigenvalue weighted by Gasteiger charge is 2.54. The normalized spacial score (nSPS) is 21.9. The van der Waals surface area contributed by atoms with Crippen molar-refractivity contribution in [1.82, 2.24) is 15.3 Å². The molecule has 1 aliphatic heterocycles. The molecule has 1 saturated heterocycles. The van der Waals surface area contributed by atoms with Crippen LogP contribution < -0.4 is 10.2 Å². The van der Waals surface area contributed by atoms with Crippen molar-refractivity contribution < 1.29 is 30.8 Å². The fraction of sp³-hybridized carbons (Fsp3) is 0.448. The molecule has 0 spiro atoms. The van der Waals surface area contributed by atoms with Gasteiger partial charge in [0.1, 0.15) is 16.9 Å². The zero-order valence-corrected chi connectivity index (χ0v) is 24.8. The van der Waals surface area contributed by atoms with Gasteiger partial charge in [0, 0.05) is 30.6 Å². The van der Waals surface area contributed by atoms with Gasteiger partial charge in [-0.3, -0.25) is 9.78 Å². The first-order valence-electron chi connectivity index (χ1n) is 13.8. The fourth-order valence-electron chi connectivity index (χ4n) is 5.47. The number of pyridine rings is 1. The number of halogens is 4. The average Bonchev–Trinajstić information content (AvgIpc) is 3.42. The topological polar surface area (TPSA) is 116 Å². The number of rotatable bonds is 6. The summed E-state index contributed by atoms with van der Waals surface area (Å²) in [6, 6.07) is 11.4. The van der Waals surface area contributed by atoms with Crippen LogP contribution in [0.15, 0.2) is 42.6 Å². The minimum absolute atomic E-state index is 0.0755. The number of alkyl halides is 3. The fourth-order valence-corrected chi connectivity index (χ4v) is 7.79. The van der Waals surface area contributed by atoms with Crippen LogP contribution in [0.5, 0.6) is 0 Å². The number of carbonyl (C=O) groups is 1. The molecule has 2 aromatic heterocycles. The van der Waals surface area contributed by atoms with Gasteiger partial charge in [-0.2, -0.15) is 18.4 Å². The van der Waals surface area contributed by atoms with Gasteiger partial charge in [0.2, 0.25) is 11.4 Å². The molecule has 0 radical (unpaired) electrons. The Morgan fingerprint density at radius 3 is 2.37 bits per heavy atom. The summed E-state index contributed by atoms with van der Waals surface area (Å²) in [5.74, 6) is -2.61. The predicted molar refractivity (Wildman–Crippen MR) is 155 cm³/mol. The number of anilines is 1. The molecule has 5 rings (SSSR count). The zero-order valence-electron chi connectivity index (χ0n) is 23.2. The third-order valence-corrected chi connectivity index (χ3v) is 10.8. The lowest BCUT2D eigenvalue weighted by Crippen LogP contribution is -2.57. The van der Waals surface area contributed by atoms with Gasteiger partial charge in [0.15, 0.2) is 9.84 Å². The van der Waals surface area contributed by atoms with E-state index in [1.54, 1.807) is 0 Å². The number of nitrogens with one attached hydrogen (secondary N) is 1. The monoisotopic (exact) mass is 635 g/mol. The zero-order chi connectivity index (χ0) is 31.0. The Kier molecular flexibility index (Phi) is 8.50. The number of nitriles is 1. The third-order valence-electron chi connectivity index (χ3n) is 8.06. The maximum Gasteiger partial charge on any atom is 0.424 e. The van der Waals surface area contributed by atoms with Crippen molar-refractivity contribution >= 4 is 32.8 Å². The van der Waals surface area contributed by atoms with Crippen molar-refractivity contribution in [1.29, 1.82) is 5.26 Å². The van der Waals surface area contributed by atoms with Crippen LogP contribution in [0.3, 0.4) is 0 Å². The number of amides is 1. The molecule has 3 heterocycles. The molecule has 43 heavy (non-hydrogen) atoms. The highest BCUT2D eigenvalue weighted by molar-refractivity contribution is 7.91. The summed E-state index contributed by atoms with van der Waals surface area (Å²) in [6.07, 6.45) is -1.69. The number of aromatic nitrogens is 2. The lowest BCUT2D eigenvalue weighted by Gasteiger charge is -2.33. The van der Waals surface area contributed by atoms with Crippen molar-refractivity contribution in [2.24, 2.45) is 5.92 Å². The SMILES string of the molecule is CC(C#N)(NC(=O)[C@@H]1CCCC[C@H]1c1nc(-c2ccc(F)cn2)sc1-c1ccc(N2CCS(=O)(=O)CC2)cc1)C(F)(F)F. The van der Waals surface area contributed by atoms with Gasteiger partial charge in [0.25, 0.3) is 0 Å². The Morgan fingerprint density at radius 1 is 1.09 bits per heavy atom. The predicted octanol–water partition coefficient (Wildman–Crippen LogP) is 5.48. The van der Waals surface area contributed by atoms with Crippen molar-refractivity contribution in [2.45, 2.75) is 50.2 Å². The maximum absolute atomic E-state index is 13.6.